The summed E-state index contributed by atoms with van der Waals surface area (Å²) in [7, 11) is 0. The molecule has 0 aromatic rings. The maximum Gasteiger partial charge on any atom is 0.0684 e. The van der Waals surface area contributed by atoms with E-state index in [1.165, 1.54) is 6.42 Å². The average molecular weight is 182 g/mol. The van der Waals surface area contributed by atoms with Crippen LogP contribution in [0, 0.1) is 16.7 Å². The Morgan fingerprint density at radius 2 is 1.85 bits per heavy atom. The third-order valence-electron chi connectivity index (χ3n) is 2.34. The van der Waals surface area contributed by atoms with Crippen LogP contribution in [-0.4, -0.2) is 24.5 Å². The molecule has 0 heterocycles. The van der Waals surface area contributed by atoms with Gasteiger partial charge >= 0.3 is 0 Å². The van der Waals surface area contributed by atoms with Crippen molar-refractivity contribution < 1.29 is 0 Å². The molecule has 0 aliphatic carbocycles. The topological polar surface area (TPSA) is 27.0 Å². The Kier molecular flexibility index (Phi) is 5.73. The zero-order valence-corrected chi connectivity index (χ0v) is 9.43. The predicted octanol–water partition coefficient (Wildman–Crippen LogP) is 2.66. The second-order valence-corrected chi connectivity index (χ2v) is 4.18. The van der Waals surface area contributed by atoms with Gasteiger partial charge in [-0.25, -0.2) is 0 Å². The van der Waals surface area contributed by atoms with Crippen LogP contribution in [0.2, 0.25) is 0 Å². The van der Waals surface area contributed by atoms with E-state index >= 15 is 0 Å². The largest absolute Gasteiger partial charge is 0.304 e. The lowest BCUT2D eigenvalue weighted by atomic mass is 9.91. The third-order valence-corrected chi connectivity index (χ3v) is 2.34. The van der Waals surface area contributed by atoms with Crippen LogP contribution in [-0.2, 0) is 0 Å². The average Bonchev–Trinajstić information content (AvgIpc) is 2.12. The third kappa shape index (κ3) is 5.65. The molecule has 13 heavy (non-hydrogen) atoms. The van der Waals surface area contributed by atoms with Crippen LogP contribution in [0.3, 0.4) is 0 Å². The summed E-state index contributed by atoms with van der Waals surface area (Å²) in [6.07, 6.45) is 2.16. The molecule has 0 spiro atoms. The molecule has 2 nitrogen and oxygen atoms in total. The van der Waals surface area contributed by atoms with E-state index < -0.39 is 0 Å². The first-order valence-electron chi connectivity index (χ1n) is 5.19. The van der Waals surface area contributed by atoms with Crippen LogP contribution in [0.1, 0.15) is 40.5 Å². The molecule has 0 radical (unpaired) electrons. The Bertz CT molecular complexity index is 167. The molecule has 0 aromatic heterocycles. The Morgan fingerprint density at radius 1 is 1.23 bits per heavy atom. The normalized spacial score (nSPS) is 11.7. The molecular formula is C11H22N2. The first kappa shape index (κ1) is 12.4. The first-order valence-corrected chi connectivity index (χ1v) is 5.19. The zero-order valence-electron chi connectivity index (χ0n) is 9.43. The smallest absolute Gasteiger partial charge is 0.0684 e. The van der Waals surface area contributed by atoms with Crippen molar-refractivity contribution >= 4 is 0 Å². The van der Waals surface area contributed by atoms with Crippen LogP contribution in [0.4, 0.5) is 0 Å². The van der Waals surface area contributed by atoms with Crippen molar-refractivity contribution in [1.82, 2.24) is 4.90 Å². The Labute approximate surface area is 82.5 Å². The summed E-state index contributed by atoms with van der Waals surface area (Å²) in [6, 6.07) is 2.34. The summed E-state index contributed by atoms with van der Waals surface area (Å²) < 4.78 is 0. The fourth-order valence-corrected chi connectivity index (χ4v) is 1.24. The summed E-state index contributed by atoms with van der Waals surface area (Å²) in [5, 5.41) is 8.84. The van der Waals surface area contributed by atoms with Crippen molar-refractivity contribution in [2.75, 3.05) is 19.6 Å². The molecule has 0 atom stereocenters. The van der Waals surface area contributed by atoms with Crippen LogP contribution in [0.5, 0.6) is 0 Å². The van der Waals surface area contributed by atoms with Gasteiger partial charge in [0.25, 0.3) is 0 Å². The van der Waals surface area contributed by atoms with E-state index in [-0.39, 0.29) is 5.41 Å². The molecule has 0 saturated carbocycles. The molecule has 0 amide bonds. The quantitative estimate of drug-likeness (QED) is 0.631. The zero-order chi connectivity index (χ0) is 10.3. The highest BCUT2D eigenvalue weighted by Gasteiger charge is 2.17. The Balaban J connectivity index is 3.79. The van der Waals surface area contributed by atoms with E-state index in [9.17, 15) is 0 Å². The van der Waals surface area contributed by atoms with Crippen molar-refractivity contribution in [2.45, 2.75) is 40.5 Å². The molecule has 0 aromatic carbocycles. The maximum absolute atomic E-state index is 8.84. The molecule has 0 saturated heterocycles. The van der Waals surface area contributed by atoms with Crippen LogP contribution in [0.15, 0.2) is 0 Å². The van der Waals surface area contributed by atoms with Crippen molar-refractivity contribution in [3.05, 3.63) is 0 Å². The van der Waals surface area contributed by atoms with Gasteiger partial charge in [0.15, 0.2) is 0 Å². The van der Waals surface area contributed by atoms with E-state index in [2.05, 4.69) is 24.8 Å². The number of nitrogens with zero attached hydrogens (tertiary/aromatic N) is 2. The minimum atomic E-state index is -0.166. The maximum atomic E-state index is 8.84. The lowest BCUT2D eigenvalue weighted by Crippen LogP contribution is -2.28. The molecule has 0 aliphatic heterocycles. The van der Waals surface area contributed by atoms with E-state index in [4.69, 9.17) is 5.26 Å². The van der Waals surface area contributed by atoms with Crippen molar-refractivity contribution in [3.8, 4) is 6.07 Å². The summed E-state index contributed by atoms with van der Waals surface area (Å²) in [6.45, 7) is 11.7. The molecular weight excluding hydrogens is 160 g/mol. The Morgan fingerprint density at radius 3 is 2.23 bits per heavy atom. The van der Waals surface area contributed by atoms with Crippen LogP contribution in [0.25, 0.3) is 0 Å². The van der Waals surface area contributed by atoms with Gasteiger partial charge in [0.05, 0.1) is 11.5 Å². The Hall–Kier alpha value is -0.550. The SMILES string of the molecule is CCCN(CC)CCC(C)(C)C#N. The highest BCUT2D eigenvalue weighted by molar-refractivity contribution is 4.91. The molecule has 0 unspecified atom stereocenters. The van der Waals surface area contributed by atoms with Gasteiger partial charge in [0.1, 0.15) is 0 Å². The first-order chi connectivity index (χ1) is 6.05. The summed E-state index contributed by atoms with van der Waals surface area (Å²) in [4.78, 5) is 2.40. The molecule has 0 rings (SSSR count). The molecule has 0 N–H and O–H groups in total. The van der Waals surface area contributed by atoms with E-state index in [0.717, 1.165) is 26.1 Å². The summed E-state index contributed by atoms with van der Waals surface area (Å²) in [5.41, 5.74) is -0.166. The fourth-order valence-electron chi connectivity index (χ4n) is 1.24. The molecule has 2 heteroatoms. The number of nitriles is 1. The lowest BCUT2D eigenvalue weighted by Gasteiger charge is -2.23. The standard InChI is InChI=1S/C11H22N2/c1-5-8-13(6-2)9-7-11(3,4)10-12/h5-9H2,1-4H3. The summed E-state index contributed by atoms with van der Waals surface area (Å²) in [5.74, 6) is 0. The fraction of sp³-hybridized carbons (Fsp3) is 0.909. The molecule has 76 valence electrons. The van der Waals surface area contributed by atoms with Crippen molar-refractivity contribution in [2.24, 2.45) is 5.41 Å². The summed E-state index contributed by atoms with van der Waals surface area (Å²) >= 11 is 0. The monoisotopic (exact) mass is 182 g/mol. The second kappa shape index (κ2) is 5.99. The van der Waals surface area contributed by atoms with Gasteiger partial charge in [-0.05, 0) is 46.3 Å². The lowest BCUT2D eigenvalue weighted by molar-refractivity contribution is 0.253. The van der Waals surface area contributed by atoms with Gasteiger partial charge in [0, 0.05) is 0 Å². The molecule has 0 aliphatic rings. The number of hydrogen-bond donors (Lipinski definition) is 0. The van der Waals surface area contributed by atoms with Crippen molar-refractivity contribution in [1.29, 1.82) is 5.26 Å². The van der Waals surface area contributed by atoms with E-state index in [0.29, 0.717) is 0 Å². The minimum absolute atomic E-state index is 0.166. The predicted molar refractivity (Wildman–Crippen MR) is 56.4 cm³/mol. The molecule has 0 bridgehead atoms. The van der Waals surface area contributed by atoms with Gasteiger partial charge in [-0.1, -0.05) is 13.8 Å². The van der Waals surface area contributed by atoms with Crippen LogP contribution >= 0.6 is 0 Å². The van der Waals surface area contributed by atoms with Gasteiger partial charge in [-0.3, -0.25) is 0 Å². The number of hydrogen-bond acceptors (Lipinski definition) is 2. The molecule has 0 fully saturated rings. The van der Waals surface area contributed by atoms with Gasteiger partial charge < -0.3 is 4.90 Å². The van der Waals surface area contributed by atoms with E-state index in [1.807, 2.05) is 13.8 Å². The highest BCUT2D eigenvalue weighted by Crippen LogP contribution is 2.18. The van der Waals surface area contributed by atoms with E-state index in [1.54, 1.807) is 0 Å². The van der Waals surface area contributed by atoms with Crippen LogP contribution < -0.4 is 0 Å². The highest BCUT2D eigenvalue weighted by atomic mass is 15.1. The van der Waals surface area contributed by atoms with Gasteiger partial charge in [0.2, 0.25) is 0 Å². The van der Waals surface area contributed by atoms with Crippen molar-refractivity contribution in [3.63, 3.8) is 0 Å². The van der Waals surface area contributed by atoms with Gasteiger partial charge in [-0.2, -0.15) is 5.26 Å². The number of rotatable bonds is 6. The van der Waals surface area contributed by atoms with Gasteiger partial charge in [-0.15, -0.1) is 0 Å². The second-order valence-electron chi connectivity index (χ2n) is 4.18. The minimum Gasteiger partial charge on any atom is -0.304 e.